The van der Waals surface area contributed by atoms with Crippen LogP contribution >= 0.6 is 24.2 Å². The number of aromatic hydroxyl groups is 1. The van der Waals surface area contributed by atoms with Gasteiger partial charge in [-0.3, -0.25) is 0 Å². The Morgan fingerprint density at radius 2 is 1.77 bits per heavy atom. The lowest BCUT2D eigenvalue weighted by atomic mass is 9.99. The Labute approximate surface area is 190 Å². The van der Waals surface area contributed by atoms with Gasteiger partial charge in [0.05, 0.1) is 5.56 Å². The summed E-state index contributed by atoms with van der Waals surface area (Å²) in [6.45, 7) is -0.513. The fourth-order valence-electron chi connectivity index (χ4n) is 4.49. The first-order valence-corrected chi connectivity index (χ1v) is 10.7. The Hall–Kier alpha value is -2.39. The first-order chi connectivity index (χ1) is 14.7. The molecule has 4 N–H and O–H groups in total. The number of carboxylic acids is 1. The Bertz CT molecular complexity index is 1000. The van der Waals surface area contributed by atoms with Crippen molar-refractivity contribution in [2.45, 2.75) is 36.6 Å². The van der Waals surface area contributed by atoms with Crippen LogP contribution in [-0.4, -0.2) is 50.3 Å². The normalized spacial score (nSPS) is 24.0. The second kappa shape index (κ2) is 9.40. The number of phenolic OH excluding ortho intramolecular Hbond substituents is 1. The van der Waals surface area contributed by atoms with Gasteiger partial charge in [0.2, 0.25) is 6.04 Å². The van der Waals surface area contributed by atoms with Gasteiger partial charge in [-0.15, -0.1) is 0 Å². The third-order valence-corrected chi connectivity index (χ3v) is 6.51. The Morgan fingerprint density at radius 1 is 1.13 bits per heavy atom. The number of likely N-dealkylation sites (tertiary alicyclic amines) is 1. The third-order valence-electron chi connectivity index (χ3n) is 5.86. The van der Waals surface area contributed by atoms with Crippen LogP contribution in [0.2, 0.25) is 5.02 Å². The monoisotopic (exact) mass is 463 g/mol. The van der Waals surface area contributed by atoms with Gasteiger partial charge < -0.3 is 15.9 Å². The highest BCUT2D eigenvalue weighted by molar-refractivity contribution is 7.81. The number of para-hydroxylation sites is 1. The van der Waals surface area contributed by atoms with Crippen LogP contribution < -0.4 is 5.73 Å². The molecule has 1 fully saturated rings. The van der Waals surface area contributed by atoms with Crippen LogP contribution in [0.15, 0.2) is 48.5 Å². The Morgan fingerprint density at radius 3 is 2.35 bits per heavy atom. The molecule has 31 heavy (non-hydrogen) atoms. The number of imide groups is 1. The van der Waals surface area contributed by atoms with E-state index in [9.17, 15) is 24.6 Å². The highest BCUT2D eigenvalue weighted by atomic mass is 35.5. The quantitative estimate of drug-likeness (QED) is 0.386. The molecule has 0 aliphatic carbocycles. The van der Waals surface area contributed by atoms with Gasteiger partial charge in [0, 0.05) is 17.9 Å². The van der Waals surface area contributed by atoms with E-state index in [4.69, 9.17) is 17.3 Å². The predicted octanol–water partition coefficient (Wildman–Crippen LogP) is 2.70. The number of amides is 2. The van der Waals surface area contributed by atoms with E-state index in [0.717, 1.165) is 5.56 Å². The maximum Gasteiger partial charge on any atom is 0.363 e. The molecule has 1 aliphatic rings. The van der Waals surface area contributed by atoms with Gasteiger partial charge in [0.15, 0.2) is 0 Å². The molecular weight excluding hydrogens is 440 g/mol. The van der Waals surface area contributed by atoms with Crippen molar-refractivity contribution in [2.75, 3.05) is 6.54 Å². The largest absolute Gasteiger partial charge is 0.507 e. The third kappa shape index (κ3) is 4.21. The summed E-state index contributed by atoms with van der Waals surface area (Å²) >= 11 is 10.4. The number of quaternary nitrogens is 1. The minimum atomic E-state index is -1.31. The summed E-state index contributed by atoms with van der Waals surface area (Å²) in [4.78, 5) is 39.2. The number of halogens is 1. The van der Waals surface area contributed by atoms with Crippen molar-refractivity contribution in [2.24, 2.45) is 5.73 Å². The summed E-state index contributed by atoms with van der Waals surface area (Å²) in [5, 5.41) is 19.9. The highest BCUT2D eigenvalue weighted by Gasteiger charge is 2.64. The lowest BCUT2D eigenvalue weighted by Crippen LogP contribution is -2.66. The number of thiol groups is 1. The summed E-state index contributed by atoms with van der Waals surface area (Å²) in [6, 6.07) is 11.0. The van der Waals surface area contributed by atoms with Gasteiger partial charge in [-0.2, -0.15) is 17.1 Å². The number of carbonyl (C=O) groups excluding carboxylic acids is 2. The van der Waals surface area contributed by atoms with Gasteiger partial charge in [0.25, 0.3) is 0 Å². The van der Waals surface area contributed by atoms with Crippen molar-refractivity contribution in [1.82, 2.24) is 0 Å². The molecule has 4 atom stereocenters. The van der Waals surface area contributed by atoms with E-state index in [1.807, 2.05) is 0 Å². The highest BCUT2D eigenvalue weighted by Crippen LogP contribution is 2.47. The van der Waals surface area contributed by atoms with E-state index in [0.29, 0.717) is 10.6 Å². The summed E-state index contributed by atoms with van der Waals surface area (Å²) < 4.78 is -0.995. The van der Waals surface area contributed by atoms with Gasteiger partial charge in [0.1, 0.15) is 23.6 Å². The number of hydrogen-bond donors (Lipinski definition) is 4. The number of carboxylic acid groups (broad SMARTS) is 1. The zero-order chi connectivity index (χ0) is 22.8. The van der Waals surface area contributed by atoms with E-state index in [1.54, 1.807) is 42.5 Å². The fraction of sp³-hybridized carbons (Fsp3) is 0.318. The van der Waals surface area contributed by atoms with Crippen LogP contribution in [-0.2, 0) is 20.8 Å². The summed E-state index contributed by atoms with van der Waals surface area (Å²) in [5.74, 6) is -2.72. The molecule has 3 rings (SSSR count). The topological polar surface area (TPSA) is 118 Å². The van der Waals surface area contributed by atoms with Crippen molar-refractivity contribution in [3.8, 4) is 5.75 Å². The molecule has 1 saturated heterocycles. The summed E-state index contributed by atoms with van der Waals surface area (Å²) in [6.07, 6.45) is 0.498. The van der Waals surface area contributed by atoms with Crippen LogP contribution in [0.25, 0.3) is 0 Å². The second-order valence-corrected chi connectivity index (χ2v) is 8.63. The molecule has 0 saturated carbocycles. The summed E-state index contributed by atoms with van der Waals surface area (Å²) in [5.41, 5.74) is 6.78. The SMILES string of the molecule is NCC(=O)[N+]1(C(=O)C(S)Cc2ccc(Cl)cc2)C(c2ccccc2O)CC[C@H]1C(=O)O. The number of carbonyl (C=O) groups is 3. The molecule has 0 spiro atoms. The zero-order valence-electron chi connectivity index (χ0n) is 16.6. The van der Waals surface area contributed by atoms with Crippen LogP contribution in [0.4, 0.5) is 0 Å². The fourth-order valence-corrected chi connectivity index (χ4v) is 5.02. The maximum atomic E-state index is 13.8. The first kappa shape index (κ1) is 23.3. The lowest BCUT2D eigenvalue weighted by Gasteiger charge is -2.39. The molecule has 7 nitrogen and oxygen atoms in total. The molecular formula is C22H24ClN2O5S+. The molecule has 9 heteroatoms. The molecule has 0 radical (unpaired) electrons. The van der Waals surface area contributed by atoms with Crippen molar-refractivity contribution < 1.29 is 29.1 Å². The molecule has 0 aromatic heterocycles. The van der Waals surface area contributed by atoms with Crippen molar-refractivity contribution in [1.29, 1.82) is 0 Å². The molecule has 0 bridgehead atoms. The van der Waals surface area contributed by atoms with Crippen molar-refractivity contribution in [3.05, 3.63) is 64.7 Å². The average Bonchev–Trinajstić information content (AvgIpc) is 3.15. The van der Waals surface area contributed by atoms with Crippen molar-refractivity contribution in [3.63, 3.8) is 0 Å². The molecule has 2 aromatic rings. The number of nitrogens with two attached hydrogens (primary N) is 1. The minimum Gasteiger partial charge on any atom is -0.507 e. The van der Waals surface area contributed by atoms with Crippen LogP contribution in [0, 0.1) is 0 Å². The maximum absolute atomic E-state index is 13.8. The molecule has 2 amide bonds. The molecule has 3 unspecified atom stereocenters. The number of rotatable bonds is 6. The Kier molecular flexibility index (Phi) is 7.06. The average molecular weight is 464 g/mol. The molecule has 2 aromatic carbocycles. The van der Waals surface area contributed by atoms with E-state index in [1.165, 1.54) is 6.07 Å². The first-order valence-electron chi connectivity index (χ1n) is 9.83. The number of hydrogen-bond acceptors (Lipinski definition) is 6. The van der Waals surface area contributed by atoms with Crippen LogP contribution in [0.1, 0.15) is 30.0 Å². The second-order valence-electron chi connectivity index (χ2n) is 7.57. The number of phenols is 1. The lowest BCUT2D eigenvalue weighted by molar-refractivity contribution is -0.814. The molecule has 164 valence electrons. The van der Waals surface area contributed by atoms with E-state index in [-0.39, 0.29) is 25.0 Å². The van der Waals surface area contributed by atoms with Gasteiger partial charge >= 0.3 is 17.8 Å². The van der Waals surface area contributed by atoms with E-state index < -0.39 is 46.1 Å². The molecule has 1 heterocycles. The minimum absolute atomic E-state index is 0.0905. The van der Waals surface area contributed by atoms with Gasteiger partial charge in [-0.05, 0) is 36.2 Å². The van der Waals surface area contributed by atoms with Crippen molar-refractivity contribution >= 4 is 42.0 Å². The van der Waals surface area contributed by atoms with Gasteiger partial charge in [-0.1, -0.05) is 35.9 Å². The Balaban J connectivity index is 2.10. The van der Waals surface area contributed by atoms with E-state index in [2.05, 4.69) is 12.6 Å². The molecule has 1 aliphatic heterocycles. The van der Waals surface area contributed by atoms with Crippen LogP contribution in [0.3, 0.4) is 0 Å². The number of aliphatic carboxylic acids is 1. The predicted molar refractivity (Wildman–Crippen MR) is 119 cm³/mol. The standard InChI is InChI=1S/C22H23ClN2O5S/c23-14-7-5-13(6-8-14)11-19(31)21(28)25(20(27)12-24)16(9-10-17(25)22(29)30)15-3-1-2-4-18(15)26/h1-8,16-17,19H,9-12,24H2,(H2-,26,29,30,31)/p+1/t16?,17-,19?,25?/m0/s1. The number of nitrogens with zero attached hydrogens (tertiary/aromatic N) is 1. The van der Waals surface area contributed by atoms with Crippen LogP contribution in [0.5, 0.6) is 5.75 Å². The smallest absolute Gasteiger partial charge is 0.363 e. The van der Waals surface area contributed by atoms with Gasteiger partial charge in [-0.25, -0.2) is 14.4 Å². The number of benzene rings is 2. The summed E-state index contributed by atoms with van der Waals surface area (Å²) in [7, 11) is 0. The zero-order valence-corrected chi connectivity index (χ0v) is 18.3. The van der Waals surface area contributed by atoms with E-state index >= 15 is 0 Å².